The smallest absolute Gasteiger partial charge is 0.0486 e. The van der Waals surface area contributed by atoms with Gasteiger partial charge in [0.1, 0.15) is 0 Å². The Kier molecular flexibility index (Phi) is 4.36. The van der Waals surface area contributed by atoms with Crippen LogP contribution in [0.3, 0.4) is 0 Å². The number of anilines is 1. The highest BCUT2D eigenvalue weighted by atomic mass is 15.1. The number of rotatable bonds is 4. The van der Waals surface area contributed by atoms with Gasteiger partial charge in [-0.1, -0.05) is 42.5 Å². The van der Waals surface area contributed by atoms with E-state index in [4.69, 9.17) is 0 Å². The monoisotopic (exact) mass is 367 g/mol. The minimum Gasteiger partial charge on any atom is -0.367 e. The van der Waals surface area contributed by atoms with Gasteiger partial charge in [-0.05, 0) is 43.2 Å². The minimum atomic E-state index is 0.985. The molecule has 4 aromatic rings. The van der Waals surface area contributed by atoms with Gasteiger partial charge in [0.2, 0.25) is 0 Å². The molecular weight excluding hydrogens is 342 g/mol. The van der Waals surface area contributed by atoms with Gasteiger partial charge < -0.3 is 9.47 Å². The first kappa shape index (κ1) is 17.1. The summed E-state index contributed by atoms with van der Waals surface area (Å²) in [4.78, 5) is 6.96. The number of hydrogen-bond acceptors (Lipinski definition) is 2. The fourth-order valence-electron chi connectivity index (χ4n) is 4.40. The van der Waals surface area contributed by atoms with Crippen LogP contribution in [0.2, 0.25) is 0 Å². The molecule has 0 fully saturated rings. The van der Waals surface area contributed by atoms with E-state index < -0.39 is 0 Å². The van der Waals surface area contributed by atoms with E-state index in [2.05, 4.69) is 81.2 Å². The lowest BCUT2D eigenvalue weighted by atomic mass is 10.0. The number of fused-ring (bicyclic) bond motifs is 3. The second kappa shape index (κ2) is 7.16. The van der Waals surface area contributed by atoms with Crippen molar-refractivity contribution in [1.29, 1.82) is 0 Å². The molecule has 2 aromatic heterocycles. The molecule has 0 saturated heterocycles. The molecule has 3 nitrogen and oxygen atoms in total. The van der Waals surface area contributed by atoms with Crippen LogP contribution < -0.4 is 4.90 Å². The van der Waals surface area contributed by atoms with E-state index in [1.807, 2.05) is 13.1 Å². The molecule has 0 saturated carbocycles. The van der Waals surface area contributed by atoms with Crippen molar-refractivity contribution in [2.24, 2.45) is 0 Å². The third-order valence-corrected chi connectivity index (χ3v) is 5.88. The molecule has 5 rings (SSSR count). The zero-order valence-corrected chi connectivity index (χ0v) is 16.3. The molecule has 3 heterocycles. The largest absolute Gasteiger partial charge is 0.367 e. The van der Waals surface area contributed by atoms with Gasteiger partial charge in [-0.15, -0.1) is 0 Å². The molecule has 0 spiro atoms. The molecular formula is C25H25N3. The molecule has 0 amide bonds. The van der Waals surface area contributed by atoms with Crippen LogP contribution in [0.15, 0.2) is 72.9 Å². The molecule has 1 aliphatic rings. The second-order valence-electron chi connectivity index (χ2n) is 7.66. The molecule has 28 heavy (non-hydrogen) atoms. The van der Waals surface area contributed by atoms with Crippen molar-refractivity contribution in [1.82, 2.24) is 9.55 Å². The molecule has 0 bridgehead atoms. The van der Waals surface area contributed by atoms with E-state index in [1.54, 1.807) is 0 Å². The quantitative estimate of drug-likeness (QED) is 0.497. The predicted molar refractivity (Wildman–Crippen MR) is 116 cm³/mol. The van der Waals surface area contributed by atoms with E-state index in [9.17, 15) is 0 Å². The number of pyridine rings is 1. The summed E-state index contributed by atoms with van der Waals surface area (Å²) < 4.78 is 2.55. The Balaban J connectivity index is 1.49. The molecule has 0 radical (unpaired) electrons. The van der Waals surface area contributed by atoms with Crippen molar-refractivity contribution in [3.63, 3.8) is 0 Å². The van der Waals surface area contributed by atoms with Gasteiger partial charge in [0, 0.05) is 65.8 Å². The first-order valence-electron chi connectivity index (χ1n) is 10.1. The molecule has 3 heteroatoms. The Hall–Kier alpha value is -3.07. The van der Waals surface area contributed by atoms with Crippen molar-refractivity contribution < 1.29 is 0 Å². The van der Waals surface area contributed by atoms with Crippen LogP contribution in [-0.4, -0.2) is 16.1 Å². The van der Waals surface area contributed by atoms with E-state index >= 15 is 0 Å². The summed E-state index contributed by atoms with van der Waals surface area (Å²) in [5.41, 5.74) is 8.06. The van der Waals surface area contributed by atoms with E-state index in [0.717, 1.165) is 38.2 Å². The Morgan fingerprint density at radius 2 is 1.75 bits per heavy atom. The average molecular weight is 367 g/mol. The van der Waals surface area contributed by atoms with Crippen LogP contribution in [0.25, 0.3) is 10.9 Å². The van der Waals surface area contributed by atoms with Crippen molar-refractivity contribution in [3.8, 4) is 0 Å². The van der Waals surface area contributed by atoms with Crippen LogP contribution in [0.5, 0.6) is 0 Å². The summed E-state index contributed by atoms with van der Waals surface area (Å²) in [6, 6.07) is 24.0. The van der Waals surface area contributed by atoms with Gasteiger partial charge in [0.25, 0.3) is 0 Å². The number of hydrogen-bond donors (Lipinski definition) is 0. The third-order valence-electron chi connectivity index (χ3n) is 5.88. The van der Waals surface area contributed by atoms with Crippen LogP contribution in [0, 0.1) is 6.92 Å². The topological polar surface area (TPSA) is 21.1 Å². The summed E-state index contributed by atoms with van der Waals surface area (Å²) in [6.45, 7) is 5.10. The summed E-state index contributed by atoms with van der Waals surface area (Å²) in [7, 11) is 0. The Morgan fingerprint density at radius 1 is 0.929 bits per heavy atom. The molecule has 2 aromatic carbocycles. The zero-order chi connectivity index (χ0) is 18.9. The molecule has 0 atom stereocenters. The molecule has 0 aliphatic carbocycles. The normalized spacial score (nSPS) is 13.7. The molecule has 1 aliphatic heterocycles. The highest BCUT2D eigenvalue weighted by Crippen LogP contribution is 2.33. The number of aryl methyl sites for hydroxylation is 3. The number of para-hydroxylation sites is 2. The van der Waals surface area contributed by atoms with E-state index in [-0.39, 0.29) is 0 Å². The van der Waals surface area contributed by atoms with Gasteiger partial charge in [0.15, 0.2) is 0 Å². The predicted octanol–water partition coefficient (Wildman–Crippen LogP) is 5.15. The van der Waals surface area contributed by atoms with Crippen LogP contribution in [0.4, 0.5) is 5.69 Å². The van der Waals surface area contributed by atoms with Crippen molar-refractivity contribution in [2.75, 3.05) is 11.4 Å². The first-order chi connectivity index (χ1) is 13.8. The number of nitrogens with zero attached hydrogens (tertiary/aromatic N) is 3. The third kappa shape index (κ3) is 3.07. The molecule has 0 N–H and O–H groups in total. The second-order valence-corrected chi connectivity index (χ2v) is 7.66. The fourth-order valence-corrected chi connectivity index (χ4v) is 4.40. The Labute approximate surface area is 166 Å². The fraction of sp³-hybridized carbons (Fsp3) is 0.240. The summed E-state index contributed by atoms with van der Waals surface area (Å²) in [6.07, 6.45) is 4.12. The van der Waals surface area contributed by atoms with Crippen molar-refractivity contribution >= 4 is 16.6 Å². The Bertz CT molecular complexity index is 1090. The summed E-state index contributed by atoms with van der Waals surface area (Å²) in [5, 5.41) is 1.40. The van der Waals surface area contributed by atoms with Gasteiger partial charge in [-0.3, -0.25) is 4.98 Å². The standard InChI is InChI=1S/C25H25N3/c1-19-11-12-20(17-26-19)13-16-28-24-10-6-5-9-22(24)23-18-27(15-14-25(23)28)21-7-3-2-4-8-21/h2-12,17H,13-16,18H2,1H3. The Morgan fingerprint density at radius 3 is 2.57 bits per heavy atom. The van der Waals surface area contributed by atoms with Crippen LogP contribution in [0.1, 0.15) is 22.5 Å². The van der Waals surface area contributed by atoms with Crippen molar-refractivity contribution in [3.05, 3.63) is 95.4 Å². The molecule has 140 valence electrons. The number of aromatic nitrogens is 2. The zero-order valence-electron chi connectivity index (χ0n) is 16.3. The van der Waals surface area contributed by atoms with Crippen LogP contribution >= 0.6 is 0 Å². The highest BCUT2D eigenvalue weighted by Gasteiger charge is 2.23. The van der Waals surface area contributed by atoms with E-state index in [0.29, 0.717) is 0 Å². The molecule has 0 unspecified atom stereocenters. The van der Waals surface area contributed by atoms with Crippen molar-refractivity contribution in [2.45, 2.75) is 32.9 Å². The maximum Gasteiger partial charge on any atom is 0.0486 e. The number of benzene rings is 2. The highest BCUT2D eigenvalue weighted by molar-refractivity contribution is 5.86. The maximum absolute atomic E-state index is 4.46. The van der Waals surface area contributed by atoms with Gasteiger partial charge >= 0.3 is 0 Å². The minimum absolute atomic E-state index is 0.985. The summed E-state index contributed by atoms with van der Waals surface area (Å²) in [5.74, 6) is 0. The van der Waals surface area contributed by atoms with Gasteiger partial charge in [-0.2, -0.15) is 0 Å². The first-order valence-corrected chi connectivity index (χ1v) is 10.1. The van der Waals surface area contributed by atoms with Crippen LogP contribution in [-0.2, 0) is 25.9 Å². The SMILES string of the molecule is Cc1ccc(CCn2c3c(c4ccccc42)CN(c2ccccc2)CC3)cn1. The van der Waals surface area contributed by atoms with Gasteiger partial charge in [-0.25, -0.2) is 0 Å². The van der Waals surface area contributed by atoms with E-state index in [1.165, 1.54) is 33.4 Å². The maximum atomic E-state index is 4.46. The lowest BCUT2D eigenvalue weighted by Crippen LogP contribution is -2.31. The average Bonchev–Trinajstić information content (AvgIpc) is 3.07. The van der Waals surface area contributed by atoms with Gasteiger partial charge in [0.05, 0.1) is 0 Å². The lowest BCUT2D eigenvalue weighted by Gasteiger charge is -2.30. The summed E-state index contributed by atoms with van der Waals surface area (Å²) >= 11 is 0. The lowest BCUT2D eigenvalue weighted by molar-refractivity contribution is 0.636.